The smallest absolute Gasteiger partial charge is 0.0578 e. The molecule has 0 amide bonds. The minimum Gasteiger partial charge on any atom is -0.393 e. The highest BCUT2D eigenvalue weighted by Gasteiger charge is 2.32. The van der Waals surface area contributed by atoms with Crippen molar-refractivity contribution < 1.29 is 5.11 Å². The maximum atomic E-state index is 10.2. The number of aliphatic hydroxyl groups excluding tert-OH is 1. The summed E-state index contributed by atoms with van der Waals surface area (Å²) in [6.45, 7) is 14.4. The summed E-state index contributed by atoms with van der Waals surface area (Å²) in [6, 6.07) is 1.16. The molecule has 3 nitrogen and oxygen atoms in total. The Labute approximate surface area is 119 Å². The molecule has 0 radical (unpaired) electrons. The van der Waals surface area contributed by atoms with Crippen molar-refractivity contribution in [1.82, 2.24) is 10.2 Å². The zero-order chi connectivity index (χ0) is 14.4. The molecule has 4 unspecified atom stereocenters. The standard InChI is InChI=1S/C16H34N2O/c1-6-13(5)18-10-14(16(19)7-2)8-15(11-18)17-9-12(3)4/h12-17,19H,6-11H2,1-5H3. The largest absolute Gasteiger partial charge is 0.393 e. The first-order chi connectivity index (χ1) is 8.97. The first-order valence-corrected chi connectivity index (χ1v) is 8.13. The molecule has 0 bridgehead atoms. The maximum absolute atomic E-state index is 10.2. The van der Waals surface area contributed by atoms with Crippen LogP contribution in [0.5, 0.6) is 0 Å². The van der Waals surface area contributed by atoms with Gasteiger partial charge >= 0.3 is 0 Å². The number of rotatable bonds is 7. The molecule has 0 saturated carbocycles. The SMILES string of the molecule is CCC(O)C1CC(NCC(C)C)CN(C(C)CC)C1. The van der Waals surface area contributed by atoms with Gasteiger partial charge in [0.15, 0.2) is 0 Å². The van der Waals surface area contributed by atoms with Gasteiger partial charge in [0.05, 0.1) is 6.10 Å². The summed E-state index contributed by atoms with van der Waals surface area (Å²) in [4.78, 5) is 2.56. The molecule has 1 fully saturated rings. The van der Waals surface area contributed by atoms with Crippen molar-refractivity contribution in [3.63, 3.8) is 0 Å². The van der Waals surface area contributed by atoms with E-state index in [4.69, 9.17) is 0 Å². The Balaban J connectivity index is 2.60. The molecular weight excluding hydrogens is 236 g/mol. The Morgan fingerprint density at radius 2 is 1.84 bits per heavy atom. The number of nitrogens with zero attached hydrogens (tertiary/aromatic N) is 1. The molecule has 1 aliphatic heterocycles. The van der Waals surface area contributed by atoms with Crippen molar-refractivity contribution >= 4 is 0 Å². The summed E-state index contributed by atoms with van der Waals surface area (Å²) < 4.78 is 0. The number of nitrogens with one attached hydrogen (secondary N) is 1. The van der Waals surface area contributed by atoms with E-state index in [-0.39, 0.29) is 6.10 Å². The second kappa shape index (κ2) is 8.23. The quantitative estimate of drug-likeness (QED) is 0.746. The second-order valence-corrected chi connectivity index (χ2v) is 6.68. The maximum Gasteiger partial charge on any atom is 0.0578 e. The van der Waals surface area contributed by atoms with Crippen LogP contribution in [0.15, 0.2) is 0 Å². The van der Waals surface area contributed by atoms with E-state index in [1.807, 2.05) is 0 Å². The van der Waals surface area contributed by atoms with Crippen molar-refractivity contribution in [3.05, 3.63) is 0 Å². The minimum absolute atomic E-state index is 0.143. The fourth-order valence-electron chi connectivity index (χ4n) is 2.95. The van der Waals surface area contributed by atoms with Gasteiger partial charge in [-0.1, -0.05) is 27.7 Å². The highest BCUT2D eigenvalue weighted by atomic mass is 16.3. The van der Waals surface area contributed by atoms with Gasteiger partial charge in [-0.05, 0) is 44.6 Å². The number of hydrogen-bond donors (Lipinski definition) is 2. The molecule has 4 atom stereocenters. The summed E-state index contributed by atoms with van der Waals surface area (Å²) in [5, 5.41) is 13.9. The molecule has 19 heavy (non-hydrogen) atoms. The molecule has 1 heterocycles. The Bertz CT molecular complexity index is 227. The number of aliphatic hydroxyl groups is 1. The van der Waals surface area contributed by atoms with Gasteiger partial charge in [0, 0.05) is 25.2 Å². The zero-order valence-corrected chi connectivity index (χ0v) is 13.5. The monoisotopic (exact) mass is 270 g/mol. The van der Waals surface area contributed by atoms with E-state index in [0.29, 0.717) is 23.9 Å². The van der Waals surface area contributed by atoms with Crippen molar-refractivity contribution in [2.24, 2.45) is 11.8 Å². The molecular formula is C16H34N2O. The minimum atomic E-state index is -0.143. The van der Waals surface area contributed by atoms with Gasteiger partial charge in [0.25, 0.3) is 0 Å². The summed E-state index contributed by atoms with van der Waals surface area (Å²) in [5.74, 6) is 1.12. The van der Waals surface area contributed by atoms with E-state index in [1.165, 1.54) is 6.42 Å². The van der Waals surface area contributed by atoms with Crippen molar-refractivity contribution in [2.75, 3.05) is 19.6 Å². The van der Waals surface area contributed by atoms with Crippen LogP contribution in [-0.4, -0.2) is 47.8 Å². The normalized spacial score (nSPS) is 28.6. The first-order valence-electron chi connectivity index (χ1n) is 8.13. The van der Waals surface area contributed by atoms with Crippen molar-refractivity contribution in [1.29, 1.82) is 0 Å². The van der Waals surface area contributed by atoms with Crippen LogP contribution in [0.4, 0.5) is 0 Å². The predicted molar refractivity (Wildman–Crippen MR) is 82.4 cm³/mol. The fourth-order valence-corrected chi connectivity index (χ4v) is 2.95. The number of piperidine rings is 1. The van der Waals surface area contributed by atoms with Gasteiger partial charge in [-0.25, -0.2) is 0 Å². The van der Waals surface area contributed by atoms with E-state index < -0.39 is 0 Å². The third-order valence-electron chi connectivity index (χ3n) is 4.50. The molecule has 2 N–H and O–H groups in total. The fraction of sp³-hybridized carbons (Fsp3) is 1.00. The van der Waals surface area contributed by atoms with Crippen LogP contribution in [0.1, 0.15) is 53.9 Å². The average molecular weight is 270 g/mol. The lowest BCUT2D eigenvalue weighted by Crippen LogP contribution is -2.54. The van der Waals surface area contributed by atoms with Crippen LogP contribution >= 0.6 is 0 Å². The predicted octanol–water partition coefficient (Wildman–Crippen LogP) is 2.49. The third kappa shape index (κ3) is 5.41. The molecule has 114 valence electrons. The summed E-state index contributed by atoms with van der Waals surface area (Å²) in [7, 11) is 0. The highest BCUT2D eigenvalue weighted by Crippen LogP contribution is 2.24. The van der Waals surface area contributed by atoms with Crippen molar-refractivity contribution in [2.45, 2.75) is 72.1 Å². The molecule has 1 rings (SSSR count). The Kier molecular flexibility index (Phi) is 7.33. The van der Waals surface area contributed by atoms with Gasteiger partial charge in [0.1, 0.15) is 0 Å². The Morgan fingerprint density at radius 1 is 1.16 bits per heavy atom. The molecule has 0 aliphatic carbocycles. The van der Waals surface area contributed by atoms with Gasteiger partial charge < -0.3 is 10.4 Å². The Morgan fingerprint density at radius 3 is 2.37 bits per heavy atom. The number of hydrogen-bond acceptors (Lipinski definition) is 3. The van der Waals surface area contributed by atoms with Crippen molar-refractivity contribution in [3.8, 4) is 0 Å². The molecule has 0 aromatic rings. The summed E-state index contributed by atoms with van der Waals surface area (Å²) in [5.41, 5.74) is 0. The first kappa shape index (κ1) is 16.9. The molecule has 0 aromatic carbocycles. The molecule has 3 heteroatoms. The highest BCUT2D eigenvalue weighted by molar-refractivity contribution is 4.88. The van der Waals surface area contributed by atoms with Gasteiger partial charge in [-0.2, -0.15) is 0 Å². The lowest BCUT2D eigenvalue weighted by atomic mass is 9.87. The average Bonchev–Trinajstić information content (AvgIpc) is 2.42. The number of likely N-dealkylation sites (tertiary alicyclic amines) is 1. The zero-order valence-electron chi connectivity index (χ0n) is 13.5. The van der Waals surface area contributed by atoms with E-state index >= 15 is 0 Å². The van der Waals surface area contributed by atoms with Gasteiger partial charge in [0.2, 0.25) is 0 Å². The van der Waals surface area contributed by atoms with Crippen LogP contribution < -0.4 is 5.32 Å². The van der Waals surface area contributed by atoms with Gasteiger partial charge in [-0.3, -0.25) is 4.90 Å². The van der Waals surface area contributed by atoms with E-state index in [9.17, 15) is 5.11 Å². The second-order valence-electron chi connectivity index (χ2n) is 6.68. The van der Waals surface area contributed by atoms with E-state index in [0.717, 1.165) is 32.5 Å². The molecule has 0 aromatic heterocycles. The van der Waals surface area contributed by atoms with Crippen LogP contribution in [-0.2, 0) is 0 Å². The summed E-state index contributed by atoms with van der Waals surface area (Å²) >= 11 is 0. The lowest BCUT2D eigenvalue weighted by Gasteiger charge is -2.42. The van der Waals surface area contributed by atoms with E-state index in [1.54, 1.807) is 0 Å². The van der Waals surface area contributed by atoms with Crippen LogP contribution in [0.25, 0.3) is 0 Å². The molecule has 0 spiro atoms. The third-order valence-corrected chi connectivity index (χ3v) is 4.50. The van der Waals surface area contributed by atoms with E-state index in [2.05, 4.69) is 44.8 Å². The topological polar surface area (TPSA) is 35.5 Å². The molecule has 1 aliphatic rings. The van der Waals surface area contributed by atoms with Crippen LogP contribution in [0.3, 0.4) is 0 Å². The van der Waals surface area contributed by atoms with Crippen LogP contribution in [0.2, 0.25) is 0 Å². The van der Waals surface area contributed by atoms with Crippen LogP contribution in [0, 0.1) is 11.8 Å². The van der Waals surface area contributed by atoms with Gasteiger partial charge in [-0.15, -0.1) is 0 Å². The Hall–Kier alpha value is -0.120. The molecule has 1 saturated heterocycles. The lowest BCUT2D eigenvalue weighted by molar-refractivity contribution is 0.0208. The summed E-state index contributed by atoms with van der Waals surface area (Å²) in [6.07, 6.45) is 3.03.